The Bertz CT molecular complexity index is 784. The van der Waals surface area contributed by atoms with Gasteiger partial charge in [-0.25, -0.2) is 0 Å². The molecule has 0 fully saturated rings. The first-order valence-corrected chi connectivity index (χ1v) is 11.0. The number of ether oxygens (including phenoxy) is 1. The topological polar surface area (TPSA) is 43.4 Å². The van der Waals surface area contributed by atoms with Crippen LogP contribution in [0.15, 0.2) is 47.4 Å². The van der Waals surface area contributed by atoms with E-state index in [1.807, 2.05) is 6.07 Å². The van der Waals surface area contributed by atoms with Crippen LogP contribution in [0.1, 0.15) is 67.9 Å². The standard InChI is InChI=1S/C24H30O3S/c1-4-11-22-23(16-15-21(18(2)25)24(22)27-19(3)26)28-17-10-6-9-14-20-12-7-5-8-13-20/h5,7-8,12-13,15-16H,4,6,9-11,14,17H2,1-3H3. The largest absolute Gasteiger partial charge is 0.426 e. The number of ketones is 1. The highest BCUT2D eigenvalue weighted by Crippen LogP contribution is 2.35. The molecule has 0 heterocycles. The third-order valence-corrected chi connectivity index (χ3v) is 5.74. The van der Waals surface area contributed by atoms with Crippen LogP contribution in [0, 0.1) is 0 Å². The van der Waals surface area contributed by atoms with Crippen molar-refractivity contribution in [3.05, 3.63) is 59.2 Å². The average molecular weight is 399 g/mol. The number of Topliss-reactive ketones (excluding diaryl/α,β-unsaturated/α-hetero) is 1. The molecule has 0 saturated carbocycles. The number of esters is 1. The molecule has 0 unspecified atom stereocenters. The molecular formula is C24H30O3S. The summed E-state index contributed by atoms with van der Waals surface area (Å²) < 4.78 is 5.45. The van der Waals surface area contributed by atoms with Crippen LogP contribution in [0.4, 0.5) is 0 Å². The predicted octanol–water partition coefficient (Wildman–Crippen LogP) is 6.27. The highest BCUT2D eigenvalue weighted by molar-refractivity contribution is 7.99. The normalized spacial score (nSPS) is 10.7. The molecule has 3 nitrogen and oxygen atoms in total. The molecule has 0 aliphatic rings. The monoisotopic (exact) mass is 398 g/mol. The smallest absolute Gasteiger partial charge is 0.308 e. The Balaban J connectivity index is 1.97. The zero-order valence-electron chi connectivity index (χ0n) is 17.1. The van der Waals surface area contributed by atoms with Crippen molar-refractivity contribution in [1.82, 2.24) is 0 Å². The van der Waals surface area contributed by atoms with Gasteiger partial charge in [0, 0.05) is 17.4 Å². The number of hydrogen-bond acceptors (Lipinski definition) is 4. The molecule has 150 valence electrons. The molecule has 0 aliphatic heterocycles. The lowest BCUT2D eigenvalue weighted by atomic mass is 10.0. The second-order valence-electron chi connectivity index (χ2n) is 6.96. The highest BCUT2D eigenvalue weighted by atomic mass is 32.2. The van der Waals surface area contributed by atoms with Gasteiger partial charge in [0.15, 0.2) is 5.78 Å². The number of hydrogen-bond donors (Lipinski definition) is 0. The lowest BCUT2D eigenvalue weighted by molar-refractivity contribution is -0.131. The van der Waals surface area contributed by atoms with Crippen molar-refractivity contribution >= 4 is 23.5 Å². The molecule has 0 bridgehead atoms. The second-order valence-corrected chi connectivity index (χ2v) is 8.10. The van der Waals surface area contributed by atoms with E-state index >= 15 is 0 Å². The van der Waals surface area contributed by atoms with Gasteiger partial charge in [0.2, 0.25) is 0 Å². The van der Waals surface area contributed by atoms with Crippen LogP contribution in [-0.4, -0.2) is 17.5 Å². The SMILES string of the molecule is CCCc1c(SCCCCCc2ccccc2)ccc(C(C)=O)c1OC(C)=O. The van der Waals surface area contributed by atoms with E-state index in [1.54, 1.807) is 17.8 Å². The molecule has 0 amide bonds. The van der Waals surface area contributed by atoms with Gasteiger partial charge >= 0.3 is 5.97 Å². The fourth-order valence-electron chi connectivity index (χ4n) is 3.20. The van der Waals surface area contributed by atoms with E-state index in [0.717, 1.165) is 41.9 Å². The van der Waals surface area contributed by atoms with Crippen LogP contribution < -0.4 is 4.74 Å². The van der Waals surface area contributed by atoms with Crippen LogP contribution in [0.3, 0.4) is 0 Å². The Morgan fingerprint density at radius 3 is 2.32 bits per heavy atom. The second kappa shape index (κ2) is 11.7. The third kappa shape index (κ3) is 6.83. The summed E-state index contributed by atoms with van der Waals surface area (Å²) >= 11 is 1.79. The van der Waals surface area contributed by atoms with Gasteiger partial charge in [0.1, 0.15) is 5.75 Å². The minimum atomic E-state index is -0.386. The van der Waals surface area contributed by atoms with E-state index < -0.39 is 0 Å². The summed E-state index contributed by atoms with van der Waals surface area (Å²) in [4.78, 5) is 24.6. The Morgan fingerprint density at radius 1 is 0.929 bits per heavy atom. The van der Waals surface area contributed by atoms with E-state index in [4.69, 9.17) is 4.74 Å². The molecule has 0 saturated heterocycles. The van der Waals surface area contributed by atoms with Gasteiger partial charge in [-0.15, -0.1) is 11.8 Å². The van der Waals surface area contributed by atoms with E-state index in [2.05, 4.69) is 37.3 Å². The molecule has 2 aromatic carbocycles. The van der Waals surface area contributed by atoms with Gasteiger partial charge in [0.25, 0.3) is 0 Å². The number of benzene rings is 2. The fraction of sp³-hybridized carbons (Fsp3) is 0.417. The quantitative estimate of drug-likeness (QED) is 0.147. The summed E-state index contributed by atoms with van der Waals surface area (Å²) in [6, 6.07) is 14.4. The molecule has 0 N–H and O–H groups in total. The van der Waals surface area contributed by atoms with E-state index in [9.17, 15) is 9.59 Å². The van der Waals surface area contributed by atoms with Gasteiger partial charge in [-0.2, -0.15) is 0 Å². The first kappa shape index (κ1) is 22.2. The van der Waals surface area contributed by atoms with E-state index in [0.29, 0.717) is 11.3 Å². The van der Waals surface area contributed by atoms with Gasteiger partial charge in [-0.05, 0) is 56.1 Å². The maximum atomic E-state index is 12.0. The number of unbranched alkanes of at least 4 members (excludes halogenated alkanes) is 2. The maximum Gasteiger partial charge on any atom is 0.308 e. The molecule has 2 rings (SSSR count). The van der Waals surface area contributed by atoms with E-state index in [-0.39, 0.29) is 11.8 Å². The zero-order valence-corrected chi connectivity index (χ0v) is 17.9. The number of thioether (sulfide) groups is 1. The molecule has 28 heavy (non-hydrogen) atoms. The summed E-state index contributed by atoms with van der Waals surface area (Å²) in [5.41, 5.74) is 2.87. The van der Waals surface area contributed by atoms with Crippen molar-refractivity contribution in [1.29, 1.82) is 0 Å². The summed E-state index contributed by atoms with van der Waals surface area (Å²) in [5.74, 6) is 1.01. The lowest BCUT2D eigenvalue weighted by Crippen LogP contribution is -2.10. The molecule has 0 aliphatic carbocycles. The predicted molar refractivity (Wildman–Crippen MR) is 116 cm³/mol. The van der Waals surface area contributed by atoms with Crippen LogP contribution in [0.5, 0.6) is 5.75 Å². The number of carbonyl (C=O) groups is 2. The van der Waals surface area contributed by atoms with Crippen molar-refractivity contribution in [3.63, 3.8) is 0 Å². The van der Waals surface area contributed by atoms with Crippen LogP contribution in [0.2, 0.25) is 0 Å². The first-order chi connectivity index (χ1) is 13.5. The van der Waals surface area contributed by atoms with Crippen LogP contribution in [-0.2, 0) is 17.6 Å². The van der Waals surface area contributed by atoms with Gasteiger partial charge in [-0.1, -0.05) is 50.1 Å². The molecule has 0 aromatic heterocycles. The van der Waals surface area contributed by atoms with Crippen molar-refractivity contribution in [2.24, 2.45) is 0 Å². The van der Waals surface area contributed by atoms with Crippen LogP contribution >= 0.6 is 11.8 Å². The van der Waals surface area contributed by atoms with Gasteiger partial charge < -0.3 is 4.74 Å². The molecule has 0 spiro atoms. The van der Waals surface area contributed by atoms with Gasteiger partial charge in [-0.3, -0.25) is 9.59 Å². The number of aryl methyl sites for hydroxylation is 1. The molecule has 0 atom stereocenters. The zero-order chi connectivity index (χ0) is 20.4. The minimum Gasteiger partial charge on any atom is -0.426 e. The van der Waals surface area contributed by atoms with Crippen molar-refractivity contribution in [2.45, 2.75) is 64.2 Å². The Morgan fingerprint density at radius 2 is 1.68 bits per heavy atom. The first-order valence-electron chi connectivity index (χ1n) is 10.0. The van der Waals surface area contributed by atoms with Crippen LogP contribution in [0.25, 0.3) is 0 Å². The summed E-state index contributed by atoms with van der Waals surface area (Å²) in [6.07, 6.45) is 6.36. The Labute approximate surface area is 172 Å². The van der Waals surface area contributed by atoms with Crippen molar-refractivity contribution in [3.8, 4) is 5.75 Å². The number of carbonyl (C=O) groups excluding carboxylic acids is 2. The van der Waals surface area contributed by atoms with Crippen molar-refractivity contribution < 1.29 is 14.3 Å². The third-order valence-electron chi connectivity index (χ3n) is 4.55. The molecule has 0 radical (unpaired) electrons. The molecule has 2 aromatic rings. The minimum absolute atomic E-state index is 0.0777. The average Bonchev–Trinajstić information content (AvgIpc) is 2.67. The van der Waals surface area contributed by atoms with E-state index in [1.165, 1.54) is 32.3 Å². The molecular weight excluding hydrogens is 368 g/mol. The summed E-state index contributed by atoms with van der Waals surface area (Å²) in [5, 5.41) is 0. The summed E-state index contributed by atoms with van der Waals surface area (Å²) in [6.45, 7) is 4.99. The molecule has 4 heteroatoms. The Kier molecular flexibility index (Phi) is 9.29. The maximum absolute atomic E-state index is 12.0. The summed E-state index contributed by atoms with van der Waals surface area (Å²) in [7, 11) is 0. The highest BCUT2D eigenvalue weighted by Gasteiger charge is 2.18. The lowest BCUT2D eigenvalue weighted by Gasteiger charge is -2.16. The van der Waals surface area contributed by atoms with Gasteiger partial charge in [0.05, 0.1) is 5.56 Å². The Hall–Kier alpha value is -2.07. The van der Waals surface area contributed by atoms with Crippen molar-refractivity contribution in [2.75, 3.05) is 5.75 Å². The number of rotatable bonds is 11. The fourth-order valence-corrected chi connectivity index (χ4v) is 4.31.